The van der Waals surface area contributed by atoms with Crippen LogP contribution in [-0.4, -0.2) is 55.5 Å². The van der Waals surface area contributed by atoms with Crippen molar-refractivity contribution in [1.29, 1.82) is 0 Å². The fourth-order valence-corrected chi connectivity index (χ4v) is 5.55. The average Bonchev–Trinajstić information content (AvgIpc) is 2.81. The molecule has 7 heteroatoms. The monoisotopic (exact) mass is 318 g/mol. The van der Waals surface area contributed by atoms with Gasteiger partial charge in [0.25, 0.3) is 10.0 Å². The lowest BCUT2D eigenvalue weighted by atomic mass is 10.1. The van der Waals surface area contributed by atoms with Crippen LogP contribution < -0.4 is 0 Å². The van der Waals surface area contributed by atoms with Gasteiger partial charge in [0.05, 0.1) is 6.61 Å². The van der Waals surface area contributed by atoms with Gasteiger partial charge in [-0.25, -0.2) is 8.42 Å². The largest absolute Gasteiger partial charge is 0.391 e. The van der Waals surface area contributed by atoms with Crippen LogP contribution in [0.4, 0.5) is 0 Å². The van der Waals surface area contributed by atoms with E-state index in [-0.39, 0.29) is 12.6 Å². The quantitative estimate of drug-likeness (QED) is 0.908. The van der Waals surface area contributed by atoms with Crippen LogP contribution in [0.2, 0.25) is 0 Å². The summed E-state index contributed by atoms with van der Waals surface area (Å²) in [6.45, 7) is 5.64. The molecular formula is C13H22N2O3S2. The second-order valence-corrected chi connectivity index (χ2v) is 8.54. The molecule has 20 heavy (non-hydrogen) atoms. The molecule has 0 aliphatic carbocycles. The van der Waals surface area contributed by atoms with Crippen molar-refractivity contribution in [1.82, 2.24) is 9.21 Å². The average molecular weight is 318 g/mol. The fraction of sp³-hybridized carbons (Fsp3) is 0.692. The van der Waals surface area contributed by atoms with Gasteiger partial charge >= 0.3 is 0 Å². The van der Waals surface area contributed by atoms with Crippen LogP contribution in [0.3, 0.4) is 0 Å². The van der Waals surface area contributed by atoms with Crippen LogP contribution in [0, 0.1) is 6.92 Å². The molecular weight excluding hydrogens is 296 g/mol. The summed E-state index contributed by atoms with van der Waals surface area (Å²) in [7, 11) is -1.39. The summed E-state index contributed by atoms with van der Waals surface area (Å²) in [4.78, 5) is 2.94. The molecule has 2 heterocycles. The van der Waals surface area contributed by atoms with Gasteiger partial charge in [-0.05, 0) is 32.0 Å². The summed E-state index contributed by atoms with van der Waals surface area (Å²) in [5.41, 5.74) is 0.845. The molecule has 1 unspecified atom stereocenters. The molecule has 5 nitrogen and oxygen atoms in total. The first-order valence-corrected chi connectivity index (χ1v) is 9.06. The number of aliphatic hydroxyl groups excluding tert-OH is 1. The van der Waals surface area contributed by atoms with Gasteiger partial charge in [-0.1, -0.05) is 6.92 Å². The van der Waals surface area contributed by atoms with Gasteiger partial charge in [-0.2, -0.15) is 4.31 Å². The van der Waals surface area contributed by atoms with E-state index in [0.29, 0.717) is 17.3 Å². The predicted octanol–water partition coefficient (Wildman–Crippen LogP) is 1.26. The molecule has 1 aromatic rings. The second kappa shape index (κ2) is 6.11. The summed E-state index contributed by atoms with van der Waals surface area (Å²) in [6, 6.07) is 1.95. The highest BCUT2D eigenvalue weighted by molar-refractivity contribution is 7.91. The van der Waals surface area contributed by atoms with Crippen molar-refractivity contribution in [3.8, 4) is 0 Å². The van der Waals surface area contributed by atoms with Crippen molar-refractivity contribution in [3.05, 3.63) is 16.5 Å². The number of thiophene rings is 1. The molecule has 1 aliphatic heterocycles. The minimum atomic E-state index is -3.43. The van der Waals surface area contributed by atoms with E-state index >= 15 is 0 Å². The lowest BCUT2D eigenvalue weighted by Crippen LogP contribution is -2.52. The van der Waals surface area contributed by atoms with Crippen molar-refractivity contribution in [2.45, 2.75) is 37.1 Å². The van der Waals surface area contributed by atoms with Crippen molar-refractivity contribution >= 4 is 21.4 Å². The van der Waals surface area contributed by atoms with Crippen LogP contribution in [0.25, 0.3) is 0 Å². The second-order valence-electron chi connectivity index (χ2n) is 5.24. The molecule has 0 radical (unpaired) electrons. The summed E-state index contributed by atoms with van der Waals surface area (Å²) in [5, 5.41) is 9.22. The molecule has 0 amide bonds. The normalized spacial score (nSPS) is 22.3. The van der Waals surface area contributed by atoms with Gasteiger partial charge < -0.3 is 10.0 Å². The molecule has 0 bridgehead atoms. The first-order valence-electron chi connectivity index (χ1n) is 6.80. The smallest absolute Gasteiger partial charge is 0.252 e. The zero-order chi connectivity index (χ0) is 14.9. The van der Waals surface area contributed by atoms with Crippen LogP contribution in [0.5, 0.6) is 0 Å². The Morgan fingerprint density at radius 3 is 2.70 bits per heavy atom. The Labute approximate surface area is 124 Å². The van der Waals surface area contributed by atoms with E-state index in [0.717, 1.165) is 23.4 Å². The Morgan fingerprint density at radius 1 is 1.45 bits per heavy atom. The maximum atomic E-state index is 12.7. The molecule has 1 atom stereocenters. The number of sulfonamides is 1. The molecule has 1 saturated heterocycles. The molecule has 0 aromatic carbocycles. The molecule has 1 aliphatic rings. The zero-order valence-corrected chi connectivity index (χ0v) is 13.8. The highest BCUT2D eigenvalue weighted by atomic mass is 32.2. The van der Waals surface area contributed by atoms with Gasteiger partial charge in [-0.3, -0.25) is 0 Å². The van der Waals surface area contributed by atoms with E-state index in [9.17, 15) is 13.5 Å². The Hall–Kier alpha value is -0.470. The Morgan fingerprint density at radius 2 is 2.15 bits per heavy atom. The van der Waals surface area contributed by atoms with E-state index in [1.165, 1.54) is 11.3 Å². The van der Waals surface area contributed by atoms with Crippen molar-refractivity contribution < 1.29 is 13.5 Å². The summed E-state index contributed by atoms with van der Waals surface area (Å²) >= 11 is 1.18. The van der Waals surface area contributed by atoms with E-state index in [1.54, 1.807) is 10.4 Å². The Kier molecular flexibility index (Phi) is 4.86. The van der Waals surface area contributed by atoms with Crippen molar-refractivity contribution in [2.75, 3.05) is 26.7 Å². The Balaban J connectivity index is 2.25. The van der Waals surface area contributed by atoms with Gasteiger partial charge in [-0.15, -0.1) is 11.3 Å². The van der Waals surface area contributed by atoms with Crippen LogP contribution in [0.15, 0.2) is 10.3 Å². The minimum absolute atomic E-state index is 0.105. The molecule has 1 N–H and O–H groups in total. The number of hydrogen-bond acceptors (Lipinski definition) is 5. The number of piperazine rings is 1. The molecule has 114 valence electrons. The van der Waals surface area contributed by atoms with Gasteiger partial charge in [0, 0.05) is 30.6 Å². The highest BCUT2D eigenvalue weighted by Crippen LogP contribution is 2.29. The summed E-state index contributed by atoms with van der Waals surface area (Å²) in [6.07, 6.45) is 0.938. The lowest BCUT2D eigenvalue weighted by molar-refractivity contribution is 0.144. The van der Waals surface area contributed by atoms with Crippen molar-refractivity contribution in [3.63, 3.8) is 0 Å². The van der Waals surface area contributed by atoms with E-state index in [1.807, 2.05) is 14.0 Å². The van der Waals surface area contributed by atoms with Crippen LogP contribution in [0.1, 0.15) is 23.8 Å². The first-order chi connectivity index (χ1) is 9.40. The van der Waals surface area contributed by atoms with Crippen LogP contribution >= 0.6 is 11.3 Å². The number of aliphatic hydroxyl groups is 1. The standard InChI is InChI=1S/C13H22N2O3S2/c1-4-11-8-15(6-5-14(11)3)20(17,18)13-7-10(2)12(9-16)19-13/h7,11,16H,4-6,8-9H2,1-3H3. The number of nitrogens with zero attached hydrogens (tertiary/aromatic N) is 2. The zero-order valence-electron chi connectivity index (χ0n) is 12.2. The molecule has 0 saturated carbocycles. The number of hydrogen-bond donors (Lipinski definition) is 1. The minimum Gasteiger partial charge on any atom is -0.391 e. The lowest BCUT2D eigenvalue weighted by Gasteiger charge is -2.38. The molecule has 1 aromatic heterocycles. The third-order valence-corrected chi connectivity index (χ3v) is 7.48. The summed E-state index contributed by atoms with van der Waals surface area (Å²) in [5.74, 6) is 0. The molecule has 1 fully saturated rings. The fourth-order valence-electron chi connectivity index (χ4n) is 2.48. The topological polar surface area (TPSA) is 60.9 Å². The maximum absolute atomic E-state index is 12.7. The number of aryl methyl sites for hydroxylation is 1. The SMILES string of the molecule is CCC1CN(S(=O)(=O)c2cc(C)c(CO)s2)CCN1C. The number of likely N-dealkylation sites (N-methyl/N-ethyl adjacent to an activating group) is 1. The summed E-state index contributed by atoms with van der Waals surface area (Å²) < 4.78 is 27.3. The van der Waals surface area contributed by atoms with Gasteiger partial charge in [0.1, 0.15) is 4.21 Å². The predicted molar refractivity (Wildman–Crippen MR) is 80.4 cm³/mol. The van der Waals surface area contributed by atoms with Gasteiger partial charge in [0.15, 0.2) is 0 Å². The molecule has 2 rings (SSSR count). The highest BCUT2D eigenvalue weighted by Gasteiger charge is 2.33. The molecule has 0 spiro atoms. The third-order valence-electron chi connectivity index (χ3n) is 3.95. The maximum Gasteiger partial charge on any atom is 0.252 e. The first kappa shape index (κ1) is 15.9. The van der Waals surface area contributed by atoms with E-state index < -0.39 is 10.0 Å². The van der Waals surface area contributed by atoms with Crippen LogP contribution in [-0.2, 0) is 16.6 Å². The Bertz CT molecular complexity index is 568. The number of rotatable bonds is 4. The van der Waals surface area contributed by atoms with Crippen molar-refractivity contribution in [2.24, 2.45) is 0 Å². The third kappa shape index (κ3) is 2.92. The van der Waals surface area contributed by atoms with Gasteiger partial charge in [0.2, 0.25) is 0 Å². The van der Waals surface area contributed by atoms with E-state index in [4.69, 9.17) is 0 Å². The van der Waals surface area contributed by atoms with E-state index in [2.05, 4.69) is 11.8 Å².